The van der Waals surface area contributed by atoms with Crippen molar-refractivity contribution in [2.24, 2.45) is 0 Å². The van der Waals surface area contributed by atoms with Gasteiger partial charge in [-0.05, 0) is 18.5 Å². The van der Waals surface area contributed by atoms with Crippen LogP contribution in [0.4, 0.5) is 71.7 Å². The van der Waals surface area contributed by atoms with Crippen LogP contribution in [0, 0.1) is 0 Å². The Labute approximate surface area is 383 Å². The first-order valence-corrected chi connectivity index (χ1v) is 37.4. The average molecular weight is 1610 g/mol. The maximum absolute atomic E-state index is 15.9. The molecular formula is C38H57F15N2O5Rf2Si6-2. The summed E-state index contributed by atoms with van der Waals surface area (Å²) in [5.74, 6) is -7.39. The Morgan fingerprint density at radius 3 is 1.94 bits per heavy atom. The molecule has 0 spiro atoms. The number of hydrogen-bond donors (Lipinski definition) is 1. The summed E-state index contributed by atoms with van der Waals surface area (Å²) in [5, 5.41) is 4.04. The first-order valence-electron chi connectivity index (χ1n) is 20.3. The number of nitrogens with zero attached hydrogens (tertiary/aromatic N) is 1. The van der Waals surface area contributed by atoms with Crippen molar-refractivity contribution < 1.29 is 90.0 Å². The normalized spacial score (nSPS) is 16.3. The van der Waals surface area contributed by atoms with E-state index < -0.39 is 105 Å². The van der Waals surface area contributed by atoms with Crippen molar-refractivity contribution in [1.82, 2.24) is 5.32 Å². The molecule has 4 atom stereocenters. The number of benzene rings is 1. The van der Waals surface area contributed by atoms with Crippen LogP contribution in [0.3, 0.4) is 0 Å². The van der Waals surface area contributed by atoms with Gasteiger partial charge in [0.25, 0.3) is 0 Å². The van der Waals surface area contributed by atoms with Gasteiger partial charge in [0.15, 0.2) is 0 Å². The number of ether oxygens (including phenoxy) is 2. The number of amides is 2. The predicted molar refractivity (Wildman–Crippen MR) is 237 cm³/mol. The van der Waals surface area contributed by atoms with Crippen LogP contribution in [0.1, 0.15) is 13.3 Å². The SMILES string of the molecule is C=C(/C=C(\C)[Si](C)CC[Si](C)C[Si](C[SiH](C)C)(C[Si](C)(C)CC[Si](C)(C)c1cccc(N(C)[C-]=O)c1)C(CC(F)OC(F)(F)C(F)(OC(F)(F)C(F)(F)OF)C(F)(F)F)C(F)(F)F)N[C-]=O.[Rf].[Rf]. The Balaban J connectivity index is 0. The second-order valence-electron chi connectivity index (χ2n) is 18.6. The number of anilines is 1. The molecule has 7 nitrogen and oxygen atoms in total. The number of halogens is 15. The van der Waals surface area contributed by atoms with E-state index in [9.17, 15) is 44.8 Å². The monoisotopic (exact) mass is 1610 g/mol. The van der Waals surface area contributed by atoms with Crippen LogP contribution < -0.4 is 15.4 Å². The van der Waals surface area contributed by atoms with Gasteiger partial charge in [-0.3, -0.25) is 9.47 Å². The molecule has 2 radical (unpaired) electrons. The molecule has 0 aliphatic heterocycles. The summed E-state index contributed by atoms with van der Waals surface area (Å²) in [5.41, 5.74) is -2.26. The van der Waals surface area contributed by atoms with E-state index >= 15 is 30.7 Å². The molecule has 0 saturated carbocycles. The summed E-state index contributed by atoms with van der Waals surface area (Å²) in [7, 11) is -13.4. The third kappa shape index (κ3) is 17.6. The van der Waals surface area contributed by atoms with E-state index in [4.69, 9.17) is 0 Å². The Morgan fingerprint density at radius 1 is 0.912 bits per heavy atom. The second-order valence-corrected chi connectivity index (χ2v) is 44.2. The van der Waals surface area contributed by atoms with Gasteiger partial charge in [-0.25, -0.2) is 4.39 Å². The van der Waals surface area contributed by atoms with Crippen molar-refractivity contribution in [2.75, 3.05) is 11.9 Å². The molecule has 2 amide bonds. The van der Waals surface area contributed by atoms with Crippen molar-refractivity contribution in [3.05, 3.63) is 47.8 Å². The van der Waals surface area contributed by atoms with Crippen LogP contribution in [0.2, 0.25) is 99.1 Å². The fraction of sp³-hybridized carbons (Fsp3) is 0.684. The average Bonchev–Trinajstić information content (AvgIpc) is 3.16. The van der Waals surface area contributed by atoms with Crippen molar-refractivity contribution in [1.29, 1.82) is 0 Å². The molecule has 0 fully saturated rings. The van der Waals surface area contributed by atoms with Gasteiger partial charge in [-0.2, -0.15) is 63.7 Å². The number of allylic oxidation sites excluding steroid dienone is 2. The summed E-state index contributed by atoms with van der Waals surface area (Å²) in [4.78, 5) is 24.8. The first-order chi connectivity index (χ1) is 29.7. The summed E-state index contributed by atoms with van der Waals surface area (Å²) >= 11 is 0. The third-order valence-electron chi connectivity index (χ3n) is 11.4. The number of carbonyl (C=O) groups excluding carboxylic acids is 2. The summed E-state index contributed by atoms with van der Waals surface area (Å²) in [6, 6.07) is 8.96. The van der Waals surface area contributed by atoms with E-state index in [1.54, 1.807) is 51.2 Å². The van der Waals surface area contributed by atoms with Gasteiger partial charge in [-0.1, -0.05) is 111 Å². The molecule has 0 saturated heterocycles. The van der Waals surface area contributed by atoms with Gasteiger partial charge >= 0.3 is 36.5 Å². The first kappa shape index (κ1) is 65.9. The van der Waals surface area contributed by atoms with Crippen molar-refractivity contribution in [3.8, 4) is 0 Å². The van der Waals surface area contributed by atoms with Crippen LogP contribution in [0.25, 0.3) is 0 Å². The second kappa shape index (κ2) is 24.6. The molecule has 1 aromatic rings. The quantitative estimate of drug-likeness (QED) is 0.0284. The maximum Gasteiger partial charge on any atom is 0.478 e. The van der Waals surface area contributed by atoms with Gasteiger partial charge < -0.3 is 19.8 Å². The van der Waals surface area contributed by atoms with Gasteiger partial charge in [0, 0.05) is 32.1 Å². The van der Waals surface area contributed by atoms with Crippen molar-refractivity contribution in [3.63, 3.8) is 0 Å². The number of alkyl halides is 14. The zero-order chi connectivity index (χ0) is 51.7. The standard InChI is InChI=1S/C38H57F15N2O5Si6.2Rf/c1-27(54-22-56)19-28(2)63(7)16-15-62(6)25-66(24-61(4)5,26-64(8,9)17-18-65(10,11)30-14-12-13-29(20-30)55(3)23-57)31(33(40,41)42)21-32(39)58-36(47,48)34(43,35(44,45)46)59-37(49,50)38(51,52)60-53;;/h12-14,19-20,31-32,61H,1,15-18,21,24-26H2,2-11H3,(H,54,56);;/q-2;;/b28-19+;;. The number of nitrogens with one attached hydrogen (secondary N) is 1. The molecule has 1 aromatic carbocycles. The maximum atomic E-state index is 15.9. The molecule has 0 bridgehead atoms. The van der Waals surface area contributed by atoms with E-state index in [1.807, 2.05) is 44.9 Å². The minimum atomic E-state index is -7.47. The summed E-state index contributed by atoms with van der Waals surface area (Å²) < 4.78 is 221. The van der Waals surface area contributed by atoms with Crippen molar-refractivity contribution >= 4 is 74.3 Å². The summed E-state index contributed by atoms with van der Waals surface area (Å²) in [6.07, 6.45) is -35.4. The van der Waals surface area contributed by atoms with Crippen LogP contribution in [0.15, 0.2) is 47.8 Å². The van der Waals surface area contributed by atoms with Gasteiger partial charge in [0.2, 0.25) is 6.36 Å². The fourth-order valence-electron chi connectivity index (χ4n) is 7.97. The van der Waals surface area contributed by atoms with E-state index in [2.05, 4.69) is 21.4 Å². The molecule has 384 valence electrons. The largest absolute Gasteiger partial charge is 0.491 e. The molecule has 0 aliphatic carbocycles. The van der Waals surface area contributed by atoms with E-state index in [0.29, 0.717) is 29.9 Å². The number of rotatable bonds is 29. The van der Waals surface area contributed by atoms with Crippen LogP contribution in [-0.2, 0) is 24.0 Å². The van der Waals surface area contributed by atoms with Gasteiger partial charge in [0.1, 0.15) is 0 Å². The molecule has 4 unspecified atom stereocenters. The van der Waals surface area contributed by atoms with Crippen LogP contribution in [0.5, 0.6) is 0 Å². The third-order valence-corrected chi connectivity index (χ3v) is 41.4. The molecular weight excluding hydrogens is 1550 g/mol. The minimum Gasteiger partial charge on any atom is -0.491 e. The van der Waals surface area contributed by atoms with Crippen molar-refractivity contribution in [2.45, 2.75) is 155 Å². The Kier molecular flexibility index (Phi) is 23.8. The Morgan fingerprint density at radius 2 is 1.47 bits per heavy atom. The molecule has 0 heterocycles. The predicted octanol–water partition coefficient (Wildman–Crippen LogP) is 11.8. The molecule has 30 heteroatoms. The van der Waals surface area contributed by atoms with E-state index in [1.165, 1.54) is 23.3 Å². The molecule has 1 N–H and O–H groups in total. The van der Waals surface area contributed by atoms with Crippen LogP contribution >= 0.6 is 0 Å². The zero-order valence-corrected chi connectivity index (χ0v) is 58.5. The van der Waals surface area contributed by atoms with Crippen LogP contribution in [-0.4, -0.2) is 113 Å². The fourth-order valence-corrected chi connectivity index (χ4v) is 48.8. The van der Waals surface area contributed by atoms with Gasteiger partial charge in [-0.15, -0.1) is 39.7 Å². The topological polar surface area (TPSA) is 77.1 Å². The molecule has 1 rings (SSSR count). The number of hydrogen-bond acceptors (Lipinski definition) is 5. The van der Waals surface area contributed by atoms with E-state index in [-0.39, 0.29) is 22.7 Å². The Bertz CT molecular complexity index is 1810. The Hall–Kier alpha value is -4.23. The molecule has 68 heavy (non-hydrogen) atoms. The molecule has 0 aromatic heterocycles. The van der Waals surface area contributed by atoms with Gasteiger partial charge in [0.05, 0.1) is 43.3 Å². The van der Waals surface area contributed by atoms with E-state index in [0.717, 1.165) is 10.4 Å². The smallest absolute Gasteiger partial charge is 0.478 e. The minimum absolute atomic E-state index is 0. The molecule has 0 aliphatic rings. The summed E-state index contributed by atoms with van der Waals surface area (Å²) in [6.45, 7) is 20.3. The zero-order valence-electron chi connectivity index (χ0n) is 39.6.